The number of thioether (sulfide) groups is 1. The summed E-state index contributed by atoms with van der Waals surface area (Å²) in [7, 11) is 0. The van der Waals surface area contributed by atoms with Gasteiger partial charge in [0.2, 0.25) is 11.1 Å². The topological polar surface area (TPSA) is 67.2 Å². The van der Waals surface area contributed by atoms with Crippen molar-refractivity contribution in [3.05, 3.63) is 22.4 Å². The van der Waals surface area contributed by atoms with Gasteiger partial charge in [0.15, 0.2) is 5.82 Å². The number of allylic oxidation sites excluding steroid dienone is 1. The number of anilines is 2. The van der Waals surface area contributed by atoms with Crippen molar-refractivity contribution in [2.24, 2.45) is 5.10 Å². The number of hydrazone groups is 1. The van der Waals surface area contributed by atoms with E-state index in [1.165, 1.54) is 0 Å². The first-order valence-electron chi connectivity index (χ1n) is 5.99. The molecule has 1 aromatic rings. The van der Waals surface area contributed by atoms with Crippen LogP contribution in [0.3, 0.4) is 0 Å². The maximum Gasteiger partial charge on any atom is 0.222 e. The molecule has 2 N–H and O–H groups in total. The molecular formula is C12H16ClN5S. The maximum absolute atomic E-state index is 5.78. The van der Waals surface area contributed by atoms with E-state index < -0.39 is 0 Å². The predicted molar refractivity (Wildman–Crippen MR) is 82.5 cm³/mol. The highest BCUT2D eigenvalue weighted by atomic mass is 35.5. The Morgan fingerprint density at radius 3 is 2.84 bits per heavy atom. The van der Waals surface area contributed by atoms with Gasteiger partial charge in [-0.25, -0.2) is 4.98 Å². The van der Waals surface area contributed by atoms with Crippen LogP contribution in [0.4, 0.5) is 11.8 Å². The number of amidine groups is 1. The number of halogens is 1. The molecule has 0 spiro atoms. The highest BCUT2D eigenvalue weighted by Gasteiger charge is 2.30. The third-order valence-corrected chi connectivity index (χ3v) is 3.67. The second kappa shape index (κ2) is 5.79. The fourth-order valence-corrected chi connectivity index (χ4v) is 2.71. The van der Waals surface area contributed by atoms with Crippen LogP contribution in [0, 0.1) is 6.92 Å². The molecule has 1 aliphatic heterocycles. The molecule has 1 aromatic heterocycles. The maximum atomic E-state index is 5.78. The summed E-state index contributed by atoms with van der Waals surface area (Å²) in [6, 6.07) is 0. The van der Waals surface area contributed by atoms with E-state index in [9.17, 15) is 0 Å². The quantitative estimate of drug-likeness (QED) is 0.925. The van der Waals surface area contributed by atoms with Gasteiger partial charge in [-0.05, 0) is 20.3 Å². The van der Waals surface area contributed by atoms with Crippen LogP contribution in [0.2, 0.25) is 0 Å². The van der Waals surface area contributed by atoms with Gasteiger partial charge in [-0.15, -0.1) is 5.10 Å². The zero-order valence-electron chi connectivity index (χ0n) is 11.1. The van der Waals surface area contributed by atoms with Crippen molar-refractivity contribution in [3.8, 4) is 0 Å². The summed E-state index contributed by atoms with van der Waals surface area (Å²) >= 11 is 7.40. The fourth-order valence-electron chi connectivity index (χ4n) is 1.71. The van der Waals surface area contributed by atoms with Crippen LogP contribution in [-0.4, -0.2) is 20.9 Å². The molecule has 0 atom stereocenters. The number of rotatable bonds is 4. The van der Waals surface area contributed by atoms with Crippen LogP contribution in [0.5, 0.6) is 0 Å². The molecule has 0 amide bonds. The van der Waals surface area contributed by atoms with Gasteiger partial charge < -0.3 is 5.73 Å². The Morgan fingerprint density at radius 2 is 2.21 bits per heavy atom. The highest BCUT2D eigenvalue weighted by Crippen LogP contribution is 2.32. The van der Waals surface area contributed by atoms with E-state index >= 15 is 0 Å². The van der Waals surface area contributed by atoms with Crippen LogP contribution in [0.15, 0.2) is 16.2 Å². The van der Waals surface area contributed by atoms with Gasteiger partial charge in [-0.3, -0.25) is 0 Å². The van der Waals surface area contributed by atoms with E-state index in [0.717, 1.165) is 39.4 Å². The Balaban J connectivity index is 2.07. The van der Waals surface area contributed by atoms with E-state index in [-0.39, 0.29) is 5.95 Å². The van der Waals surface area contributed by atoms with Gasteiger partial charge in [-0.1, -0.05) is 36.4 Å². The van der Waals surface area contributed by atoms with Gasteiger partial charge in [0, 0.05) is 22.0 Å². The lowest BCUT2D eigenvalue weighted by atomic mass is 10.2. The number of hydrogen-bond acceptors (Lipinski definition) is 6. The Morgan fingerprint density at radius 1 is 1.47 bits per heavy atom. The first kappa shape index (κ1) is 14.1. The van der Waals surface area contributed by atoms with Gasteiger partial charge in [-0.2, -0.15) is 9.99 Å². The number of hydrogen-bond donors (Lipinski definition) is 1. The molecule has 7 heteroatoms. The summed E-state index contributed by atoms with van der Waals surface area (Å²) in [5.74, 6) is 1.88. The third-order valence-electron chi connectivity index (χ3n) is 2.67. The lowest BCUT2D eigenvalue weighted by Gasteiger charge is -2.10. The Hall–Kier alpha value is -1.27. The van der Waals surface area contributed by atoms with Crippen molar-refractivity contribution >= 4 is 40.3 Å². The smallest absolute Gasteiger partial charge is 0.222 e. The summed E-state index contributed by atoms with van der Waals surface area (Å²) in [5.41, 5.74) is 7.69. The Bertz CT molecular complexity index is 551. The minimum atomic E-state index is 0.285. The fraction of sp³-hybridized carbons (Fsp3) is 0.417. The molecular weight excluding hydrogens is 282 g/mol. The van der Waals surface area contributed by atoms with Gasteiger partial charge in [0.1, 0.15) is 0 Å². The van der Waals surface area contributed by atoms with Crippen molar-refractivity contribution in [3.63, 3.8) is 0 Å². The molecule has 0 fully saturated rings. The second-order valence-electron chi connectivity index (χ2n) is 4.12. The van der Waals surface area contributed by atoms with E-state index in [4.69, 9.17) is 17.3 Å². The molecule has 102 valence electrons. The number of aromatic nitrogens is 2. The minimum absolute atomic E-state index is 0.285. The van der Waals surface area contributed by atoms with Crippen LogP contribution in [-0.2, 0) is 6.42 Å². The second-order valence-corrected chi connectivity index (χ2v) is 5.70. The molecule has 0 bridgehead atoms. The first-order valence-corrected chi connectivity index (χ1v) is 7.36. The monoisotopic (exact) mass is 297 g/mol. The van der Waals surface area contributed by atoms with Gasteiger partial charge in [0.25, 0.3) is 0 Å². The standard InChI is InChI=1S/C12H16ClN5S/c1-4-9-8(3)15-11(14)16-10(9)18-12(17-18)19-6-5-7(2)13/h5H,4,6H2,1-3H3,(H2,14,15,16)/b7-5+. The van der Waals surface area contributed by atoms with Crippen LogP contribution in [0.25, 0.3) is 0 Å². The summed E-state index contributed by atoms with van der Waals surface area (Å²) in [5, 5.41) is 7.84. The average Bonchev–Trinajstić information content (AvgIpc) is 3.07. The number of nitrogens with zero attached hydrogens (tertiary/aromatic N) is 4. The lowest BCUT2D eigenvalue weighted by Crippen LogP contribution is -2.11. The van der Waals surface area contributed by atoms with Crippen LogP contribution >= 0.6 is 23.4 Å². The molecule has 0 saturated carbocycles. The molecule has 0 radical (unpaired) electrons. The van der Waals surface area contributed by atoms with Gasteiger partial charge >= 0.3 is 0 Å². The molecule has 0 unspecified atom stereocenters. The summed E-state index contributed by atoms with van der Waals surface area (Å²) in [4.78, 5) is 8.46. The molecule has 0 saturated heterocycles. The zero-order valence-corrected chi connectivity index (χ0v) is 12.7. The number of aryl methyl sites for hydroxylation is 1. The molecule has 0 aromatic carbocycles. The SMILES string of the molecule is CCc1c(C)nc(N)nc1N1N=C1SC/C=C(\C)Cl. The summed E-state index contributed by atoms with van der Waals surface area (Å²) in [6.07, 6.45) is 2.80. The van der Waals surface area contributed by atoms with Crippen molar-refractivity contribution in [2.75, 3.05) is 16.5 Å². The molecule has 0 aliphatic carbocycles. The molecule has 2 heterocycles. The molecule has 2 rings (SSSR count). The van der Waals surface area contributed by atoms with E-state index in [2.05, 4.69) is 22.0 Å². The molecule has 19 heavy (non-hydrogen) atoms. The Kier molecular flexibility index (Phi) is 4.31. The van der Waals surface area contributed by atoms with Crippen molar-refractivity contribution < 1.29 is 0 Å². The predicted octanol–water partition coefficient (Wildman–Crippen LogP) is 2.90. The summed E-state index contributed by atoms with van der Waals surface area (Å²) in [6.45, 7) is 5.87. The summed E-state index contributed by atoms with van der Waals surface area (Å²) < 4.78 is 0. The van der Waals surface area contributed by atoms with Crippen molar-refractivity contribution in [2.45, 2.75) is 27.2 Å². The zero-order chi connectivity index (χ0) is 14.0. The van der Waals surface area contributed by atoms with Crippen molar-refractivity contribution in [1.82, 2.24) is 9.97 Å². The minimum Gasteiger partial charge on any atom is -0.368 e. The average molecular weight is 298 g/mol. The lowest BCUT2D eigenvalue weighted by molar-refractivity contribution is 0.990. The van der Waals surface area contributed by atoms with E-state index in [0.29, 0.717) is 0 Å². The van der Waals surface area contributed by atoms with Gasteiger partial charge in [0.05, 0.1) is 0 Å². The number of nitrogen functional groups attached to an aromatic ring is 1. The molecule has 1 aliphatic rings. The number of nitrogens with two attached hydrogens (primary N) is 1. The van der Waals surface area contributed by atoms with E-state index in [1.807, 2.05) is 24.9 Å². The van der Waals surface area contributed by atoms with Crippen LogP contribution in [0.1, 0.15) is 25.1 Å². The largest absolute Gasteiger partial charge is 0.368 e. The molecule has 5 nitrogen and oxygen atoms in total. The van der Waals surface area contributed by atoms with E-state index in [1.54, 1.807) is 11.8 Å². The third kappa shape index (κ3) is 3.39. The highest BCUT2D eigenvalue weighted by molar-refractivity contribution is 8.14. The normalized spacial score (nSPS) is 14.6. The van der Waals surface area contributed by atoms with Crippen LogP contribution < -0.4 is 10.7 Å². The Labute approximate surface area is 121 Å². The van der Waals surface area contributed by atoms with Crippen molar-refractivity contribution in [1.29, 1.82) is 0 Å². The first-order chi connectivity index (χ1) is 9.02.